The maximum Gasteiger partial charge on any atom is 0.286 e. The quantitative estimate of drug-likeness (QED) is 0.588. The van der Waals surface area contributed by atoms with Crippen LogP contribution in [-0.4, -0.2) is 0 Å². The summed E-state index contributed by atoms with van der Waals surface area (Å²) in [5.41, 5.74) is 2.50. The summed E-state index contributed by atoms with van der Waals surface area (Å²) in [5.74, 6) is 0. The van der Waals surface area contributed by atoms with E-state index in [4.69, 9.17) is 10.00 Å². The lowest BCUT2D eigenvalue weighted by Crippen LogP contribution is -1.94. The molecule has 2 nitrogen and oxygen atoms in total. The van der Waals surface area contributed by atoms with E-state index in [2.05, 4.69) is 6.07 Å². The number of hydrogen-bond acceptors (Lipinski definition) is 2. The molecule has 0 N–H and O–H groups in total. The molecule has 0 amide bonds. The average Bonchev–Trinajstić information content (AvgIpc) is 2.50. The Bertz CT molecular complexity index is 327. The molecule has 0 saturated heterocycles. The van der Waals surface area contributed by atoms with Crippen molar-refractivity contribution >= 4 is 0 Å². The van der Waals surface area contributed by atoms with Gasteiger partial charge in [0.15, 0.2) is 0 Å². The van der Waals surface area contributed by atoms with E-state index < -0.39 is 0 Å². The van der Waals surface area contributed by atoms with Crippen molar-refractivity contribution < 1.29 is 4.74 Å². The van der Waals surface area contributed by atoms with E-state index in [-0.39, 0.29) is 6.10 Å². The van der Waals surface area contributed by atoms with Crippen molar-refractivity contribution in [2.75, 3.05) is 0 Å². The van der Waals surface area contributed by atoms with E-state index in [9.17, 15) is 0 Å². The second-order valence-electron chi connectivity index (χ2n) is 2.94. The molecule has 0 radical (unpaired) electrons. The van der Waals surface area contributed by atoms with Gasteiger partial charge in [0.2, 0.25) is 0 Å². The molecule has 1 aliphatic carbocycles. The Hall–Kier alpha value is -1.49. The molecular formula is C10H9NO. The van der Waals surface area contributed by atoms with Crippen molar-refractivity contribution in [2.45, 2.75) is 18.9 Å². The number of rotatable bonds is 1. The van der Waals surface area contributed by atoms with Crippen molar-refractivity contribution in [3.05, 3.63) is 35.4 Å². The molecule has 0 aromatic heterocycles. The van der Waals surface area contributed by atoms with Gasteiger partial charge in [-0.3, -0.25) is 0 Å². The van der Waals surface area contributed by atoms with Crippen LogP contribution in [0.1, 0.15) is 23.7 Å². The number of hydrogen-bond donors (Lipinski definition) is 0. The van der Waals surface area contributed by atoms with Gasteiger partial charge in [-0.2, -0.15) is 5.26 Å². The maximum atomic E-state index is 8.38. The molecule has 0 aliphatic heterocycles. The van der Waals surface area contributed by atoms with Gasteiger partial charge in [-0.05, 0) is 24.0 Å². The number of nitrogens with zero attached hydrogens (tertiary/aromatic N) is 1. The standard InChI is InChI=1S/C10H9NO/c11-7-12-10-6-5-8-3-1-2-4-9(8)10/h1-4,10H,5-6H2. The first-order chi connectivity index (χ1) is 5.92. The number of benzene rings is 1. The molecule has 0 saturated carbocycles. The van der Waals surface area contributed by atoms with Crippen LogP contribution in [0.3, 0.4) is 0 Å². The molecule has 12 heavy (non-hydrogen) atoms. The second kappa shape index (κ2) is 2.86. The Morgan fingerprint density at radius 3 is 3.08 bits per heavy atom. The SMILES string of the molecule is N#COC1CCc2ccccc21. The van der Waals surface area contributed by atoms with Gasteiger partial charge >= 0.3 is 0 Å². The number of aryl methyl sites for hydroxylation is 1. The summed E-state index contributed by atoms with van der Waals surface area (Å²) in [4.78, 5) is 0. The number of fused-ring (bicyclic) bond motifs is 1. The first-order valence-electron chi connectivity index (χ1n) is 4.04. The highest BCUT2D eigenvalue weighted by Crippen LogP contribution is 2.33. The lowest BCUT2D eigenvalue weighted by Gasteiger charge is -2.06. The fraction of sp³-hybridized carbons (Fsp3) is 0.300. The van der Waals surface area contributed by atoms with Crippen LogP contribution in [0.25, 0.3) is 0 Å². The largest absolute Gasteiger partial charge is 0.419 e. The van der Waals surface area contributed by atoms with Crippen LogP contribution in [0.5, 0.6) is 0 Å². The molecule has 1 aromatic rings. The molecule has 60 valence electrons. The second-order valence-corrected chi connectivity index (χ2v) is 2.94. The predicted molar refractivity (Wildman–Crippen MR) is 44.2 cm³/mol. The fourth-order valence-electron chi connectivity index (χ4n) is 1.70. The Balaban J connectivity index is 2.31. The van der Waals surface area contributed by atoms with Gasteiger partial charge in [0.25, 0.3) is 6.26 Å². The average molecular weight is 159 g/mol. The number of nitriles is 1. The normalized spacial score (nSPS) is 19.8. The van der Waals surface area contributed by atoms with E-state index in [1.165, 1.54) is 11.1 Å². The first-order valence-corrected chi connectivity index (χ1v) is 4.04. The number of ether oxygens (including phenoxy) is 1. The molecule has 2 heteroatoms. The van der Waals surface area contributed by atoms with Crippen molar-refractivity contribution in [1.29, 1.82) is 5.26 Å². The van der Waals surface area contributed by atoms with Crippen LogP contribution < -0.4 is 0 Å². The highest BCUT2D eigenvalue weighted by Gasteiger charge is 2.22. The lowest BCUT2D eigenvalue weighted by molar-refractivity contribution is 0.165. The Kier molecular flexibility index (Phi) is 1.71. The maximum absolute atomic E-state index is 8.38. The molecule has 0 spiro atoms. The topological polar surface area (TPSA) is 33.0 Å². The Labute approximate surface area is 71.4 Å². The minimum Gasteiger partial charge on any atom is -0.419 e. The molecule has 1 aliphatic rings. The van der Waals surface area contributed by atoms with Crippen LogP contribution in [0, 0.1) is 11.5 Å². The monoisotopic (exact) mass is 159 g/mol. The third-order valence-corrected chi connectivity index (χ3v) is 2.27. The molecule has 1 aromatic carbocycles. The summed E-state index contributed by atoms with van der Waals surface area (Å²) in [6.45, 7) is 0. The van der Waals surface area contributed by atoms with Gasteiger partial charge in [-0.25, -0.2) is 0 Å². The summed E-state index contributed by atoms with van der Waals surface area (Å²) in [7, 11) is 0. The first kappa shape index (κ1) is 7.17. The van der Waals surface area contributed by atoms with E-state index >= 15 is 0 Å². The third kappa shape index (κ3) is 1.04. The van der Waals surface area contributed by atoms with Crippen LogP contribution >= 0.6 is 0 Å². The van der Waals surface area contributed by atoms with E-state index in [1.807, 2.05) is 18.2 Å². The molecule has 0 heterocycles. The predicted octanol–water partition coefficient (Wildman–Crippen LogP) is 2.17. The Morgan fingerprint density at radius 1 is 1.42 bits per heavy atom. The van der Waals surface area contributed by atoms with Gasteiger partial charge in [-0.1, -0.05) is 24.3 Å². The lowest BCUT2D eigenvalue weighted by atomic mass is 10.1. The van der Waals surface area contributed by atoms with E-state index in [0.717, 1.165) is 12.8 Å². The zero-order valence-electron chi connectivity index (χ0n) is 6.66. The highest BCUT2D eigenvalue weighted by atomic mass is 16.5. The van der Waals surface area contributed by atoms with Crippen molar-refractivity contribution in [2.24, 2.45) is 0 Å². The van der Waals surface area contributed by atoms with Crippen molar-refractivity contribution in [1.82, 2.24) is 0 Å². The van der Waals surface area contributed by atoms with Crippen LogP contribution in [0.15, 0.2) is 24.3 Å². The minimum atomic E-state index is 0.00574. The summed E-state index contributed by atoms with van der Waals surface area (Å²) in [6.07, 6.45) is 3.72. The minimum absolute atomic E-state index is 0.00574. The van der Waals surface area contributed by atoms with E-state index in [0.29, 0.717) is 0 Å². The molecule has 1 unspecified atom stereocenters. The van der Waals surface area contributed by atoms with Crippen molar-refractivity contribution in [3.63, 3.8) is 0 Å². The Morgan fingerprint density at radius 2 is 2.25 bits per heavy atom. The summed E-state index contributed by atoms with van der Waals surface area (Å²) in [5, 5.41) is 8.38. The smallest absolute Gasteiger partial charge is 0.286 e. The summed E-state index contributed by atoms with van der Waals surface area (Å²) in [6, 6.07) is 8.13. The molecule has 1 atom stereocenters. The highest BCUT2D eigenvalue weighted by molar-refractivity contribution is 5.33. The van der Waals surface area contributed by atoms with Crippen LogP contribution in [-0.2, 0) is 11.2 Å². The molecule has 2 rings (SSSR count). The molecule has 0 bridgehead atoms. The molecule has 0 fully saturated rings. The summed E-state index contributed by atoms with van der Waals surface area (Å²) < 4.78 is 4.93. The van der Waals surface area contributed by atoms with Gasteiger partial charge in [-0.15, -0.1) is 0 Å². The van der Waals surface area contributed by atoms with Crippen LogP contribution in [0.2, 0.25) is 0 Å². The fourth-order valence-corrected chi connectivity index (χ4v) is 1.70. The molecular weight excluding hydrogens is 150 g/mol. The zero-order chi connectivity index (χ0) is 8.39. The van der Waals surface area contributed by atoms with Gasteiger partial charge in [0, 0.05) is 0 Å². The zero-order valence-corrected chi connectivity index (χ0v) is 6.66. The van der Waals surface area contributed by atoms with Crippen molar-refractivity contribution in [3.8, 4) is 6.26 Å². The van der Waals surface area contributed by atoms with Gasteiger partial charge in [0.05, 0.1) is 0 Å². The van der Waals surface area contributed by atoms with E-state index in [1.54, 1.807) is 6.26 Å². The summed E-state index contributed by atoms with van der Waals surface area (Å²) >= 11 is 0. The third-order valence-electron chi connectivity index (χ3n) is 2.27. The van der Waals surface area contributed by atoms with Gasteiger partial charge < -0.3 is 4.74 Å². The van der Waals surface area contributed by atoms with Gasteiger partial charge in [0.1, 0.15) is 6.10 Å². The van der Waals surface area contributed by atoms with Crippen LogP contribution in [0.4, 0.5) is 0 Å².